The first-order valence-electron chi connectivity index (χ1n) is 11.3. The number of nitrogens with two attached hydrogens (primary N) is 1. The normalized spacial score (nSPS) is 15.4. The number of benzene rings is 3. The molecule has 1 unspecified atom stereocenters. The Morgan fingerprint density at radius 2 is 1.74 bits per heavy atom. The molecule has 0 spiro atoms. The van der Waals surface area contributed by atoms with E-state index in [1.165, 1.54) is 0 Å². The van der Waals surface area contributed by atoms with Crippen LogP contribution in [0.15, 0.2) is 78.9 Å². The minimum Gasteiger partial charge on any atom is -0.488 e. The number of primary amides is 1. The van der Waals surface area contributed by atoms with Crippen LogP contribution in [0.4, 0.5) is 5.69 Å². The van der Waals surface area contributed by atoms with Crippen LogP contribution in [0.3, 0.4) is 0 Å². The molecule has 174 valence electrons. The summed E-state index contributed by atoms with van der Waals surface area (Å²) in [6.45, 7) is 1.18. The van der Waals surface area contributed by atoms with Gasteiger partial charge in [-0.1, -0.05) is 42.5 Å². The number of amides is 3. The van der Waals surface area contributed by atoms with Crippen molar-refractivity contribution in [2.24, 2.45) is 11.7 Å². The molecular formula is C27H27N3O4. The van der Waals surface area contributed by atoms with E-state index in [9.17, 15) is 14.4 Å². The molecule has 7 nitrogen and oxygen atoms in total. The van der Waals surface area contributed by atoms with Gasteiger partial charge in [0, 0.05) is 24.3 Å². The zero-order valence-electron chi connectivity index (χ0n) is 18.8. The van der Waals surface area contributed by atoms with Gasteiger partial charge >= 0.3 is 0 Å². The Morgan fingerprint density at radius 3 is 2.53 bits per heavy atom. The summed E-state index contributed by atoms with van der Waals surface area (Å²) in [6, 6.07) is 23.3. The van der Waals surface area contributed by atoms with Gasteiger partial charge in [-0.25, -0.2) is 0 Å². The average Bonchev–Trinajstić information content (AvgIpc) is 2.88. The fraction of sp³-hybridized carbons (Fsp3) is 0.222. The lowest BCUT2D eigenvalue weighted by Gasteiger charge is -2.32. The van der Waals surface area contributed by atoms with Gasteiger partial charge in [-0.05, 0) is 54.8 Å². The number of anilines is 1. The fourth-order valence-electron chi connectivity index (χ4n) is 4.08. The van der Waals surface area contributed by atoms with E-state index in [1.807, 2.05) is 36.4 Å². The second-order valence-corrected chi connectivity index (χ2v) is 8.30. The van der Waals surface area contributed by atoms with Gasteiger partial charge in [0.25, 0.3) is 11.8 Å². The molecule has 1 aliphatic rings. The van der Waals surface area contributed by atoms with Crippen molar-refractivity contribution in [3.8, 4) is 5.75 Å². The molecule has 1 aliphatic heterocycles. The van der Waals surface area contributed by atoms with Crippen LogP contribution in [0.25, 0.3) is 0 Å². The highest BCUT2D eigenvalue weighted by atomic mass is 16.5. The van der Waals surface area contributed by atoms with Gasteiger partial charge in [-0.15, -0.1) is 0 Å². The first-order chi connectivity index (χ1) is 16.5. The highest BCUT2D eigenvalue weighted by molar-refractivity contribution is 5.97. The molecule has 3 amide bonds. The van der Waals surface area contributed by atoms with Crippen LogP contribution >= 0.6 is 0 Å². The Kier molecular flexibility index (Phi) is 7.22. The van der Waals surface area contributed by atoms with Crippen LogP contribution in [0, 0.1) is 5.92 Å². The van der Waals surface area contributed by atoms with E-state index < -0.39 is 5.91 Å². The zero-order valence-corrected chi connectivity index (χ0v) is 18.8. The second-order valence-electron chi connectivity index (χ2n) is 8.30. The SMILES string of the molecule is NC(=O)c1ccccc1OCc1cccc(C(=O)N2CCCC(C(=O)Nc3ccccc3)C2)c1. The number of piperidine rings is 1. The molecular weight excluding hydrogens is 430 g/mol. The van der Waals surface area contributed by atoms with Crippen LogP contribution < -0.4 is 15.8 Å². The Balaban J connectivity index is 1.39. The number of carbonyl (C=O) groups excluding carboxylic acids is 3. The van der Waals surface area contributed by atoms with E-state index in [1.54, 1.807) is 47.4 Å². The molecule has 1 heterocycles. The van der Waals surface area contributed by atoms with Crippen molar-refractivity contribution in [2.75, 3.05) is 18.4 Å². The summed E-state index contributed by atoms with van der Waals surface area (Å²) in [4.78, 5) is 39.2. The summed E-state index contributed by atoms with van der Waals surface area (Å²) in [5.41, 5.74) is 7.80. The van der Waals surface area contributed by atoms with E-state index in [2.05, 4.69) is 5.32 Å². The quantitative estimate of drug-likeness (QED) is 0.563. The Morgan fingerprint density at radius 1 is 0.971 bits per heavy atom. The Bertz CT molecular complexity index is 1180. The van der Waals surface area contributed by atoms with Gasteiger partial charge in [0.2, 0.25) is 5.91 Å². The Labute approximate surface area is 198 Å². The molecule has 0 radical (unpaired) electrons. The van der Waals surface area contributed by atoms with Crippen molar-refractivity contribution in [1.82, 2.24) is 4.90 Å². The summed E-state index contributed by atoms with van der Waals surface area (Å²) in [6.07, 6.45) is 1.51. The molecule has 4 rings (SSSR count). The number of hydrogen-bond donors (Lipinski definition) is 2. The van der Waals surface area contributed by atoms with Crippen LogP contribution in [0.1, 0.15) is 39.1 Å². The van der Waals surface area contributed by atoms with E-state index in [4.69, 9.17) is 10.5 Å². The largest absolute Gasteiger partial charge is 0.488 e. The number of nitrogens with one attached hydrogen (secondary N) is 1. The lowest BCUT2D eigenvalue weighted by atomic mass is 9.96. The fourth-order valence-corrected chi connectivity index (χ4v) is 4.08. The second kappa shape index (κ2) is 10.7. The van der Waals surface area contributed by atoms with Crippen molar-refractivity contribution >= 4 is 23.4 Å². The van der Waals surface area contributed by atoms with Crippen molar-refractivity contribution in [1.29, 1.82) is 0 Å². The summed E-state index contributed by atoms with van der Waals surface area (Å²) in [5, 5.41) is 2.94. The number of carbonyl (C=O) groups is 3. The predicted molar refractivity (Wildman–Crippen MR) is 129 cm³/mol. The maximum Gasteiger partial charge on any atom is 0.253 e. The topological polar surface area (TPSA) is 102 Å². The molecule has 3 aromatic rings. The number of rotatable bonds is 7. The number of likely N-dealkylation sites (tertiary alicyclic amines) is 1. The van der Waals surface area contributed by atoms with Crippen LogP contribution in [-0.2, 0) is 11.4 Å². The van der Waals surface area contributed by atoms with Gasteiger partial charge < -0.3 is 20.7 Å². The third-order valence-corrected chi connectivity index (χ3v) is 5.84. The van der Waals surface area contributed by atoms with E-state index in [0.717, 1.165) is 24.1 Å². The van der Waals surface area contributed by atoms with E-state index in [-0.39, 0.29) is 24.3 Å². The standard InChI is InChI=1S/C27H27N3O4/c28-25(31)23-13-4-5-14-24(23)34-18-19-8-6-9-20(16-19)27(33)30-15-7-10-21(17-30)26(32)29-22-11-2-1-3-12-22/h1-6,8-9,11-14,16,21H,7,10,15,17-18H2,(H2,28,31)(H,29,32). The molecule has 3 N–H and O–H groups in total. The molecule has 34 heavy (non-hydrogen) atoms. The minimum absolute atomic E-state index is 0.0704. The van der Waals surface area contributed by atoms with E-state index >= 15 is 0 Å². The minimum atomic E-state index is -0.560. The third-order valence-electron chi connectivity index (χ3n) is 5.84. The van der Waals surface area contributed by atoms with Gasteiger partial charge in [0.05, 0.1) is 11.5 Å². The lowest BCUT2D eigenvalue weighted by molar-refractivity contribution is -0.121. The third kappa shape index (κ3) is 5.61. The number of para-hydroxylation sites is 2. The Hall–Kier alpha value is -4.13. The monoisotopic (exact) mass is 457 g/mol. The molecule has 0 aliphatic carbocycles. The first kappa shape index (κ1) is 23.0. The van der Waals surface area contributed by atoms with Gasteiger partial charge in [-0.3, -0.25) is 14.4 Å². The van der Waals surface area contributed by atoms with Crippen molar-refractivity contribution in [2.45, 2.75) is 19.4 Å². The van der Waals surface area contributed by atoms with Crippen LogP contribution in [0.2, 0.25) is 0 Å². The molecule has 1 atom stereocenters. The summed E-state index contributed by atoms with van der Waals surface area (Å²) in [5.74, 6) is -0.601. The molecule has 1 saturated heterocycles. The highest BCUT2D eigenvalue weighted by Gasteiger charge is 2.29. The predicted octanol–water partition coefficient (Wildman–Crippen LogP) is 3.86. The lowest BCUT2D eigenvalue weighted by Crippen LogP contribution is -2.43. The molecule has 7 heteroatoms. The molecule has 0 aromatic heterocycles. The number of nitrogens with zero attached hydrogens (tertiary/aromatic N) is 1. The van der Waals surface area contributed by atoms with Crippen molar-refractivity contribution in [3.63, 3.8) is 0 Å². The first-order valence-corrected chi connectivity index (χ1v) is 11.3. The van der Waals surface area contributed by atoms with Gasteiger partial charge in [0.15, 0.2) is 0 Å². The summed E-state index contributed by atoms with van der Waals surface area (Å²) < 4.78 is 5.79. The smallest absolute Gasteiger partial charge is 0.253 e. The highest BCUT2D eigenvalue weighted by Crippen LogP contribution is 2.22. The zero-order chi connectivity index (χ0) is 23.9. The molecule has 0 bridgehead atoms. The summed E-state index contributed by atoms with van der Waals surface area (Å²) >= 11 is 0. The molecule has 1 fully saturated rings. The maximum absolute atomic E-state index is 13.2. The average molecular weight is 458 g/mol. The maximum atomic E-state index is 13.2. The van der Waals surface area contributed by atoms with Gasteiger partial charge in [-0.2, -0.15) is 0 Å². The number of hydrogen-bond acceptors (Lipinski definition) is 4. The number of ether oxygens (including phenoxy) is 1. The van der Waals surface area contributed by atoms with Crippen molar-refractivity contribution in [3.05, 3.63) is 95.6 Å². The van der Waals surface area contributed by atoms with Crippen LogP contribution in [0.5, 0.6) is 5.75 Å². The summed E-state index contributed by atoms with van der Waals surface area (Å²) in [7, 11) is 0. The molecule has 0 saturated carbocycles. The van der Waals surface area contributed by atoms with Crippen molar-refractivity contribution < 1.29 is 19.1 Å². The van der Waals surface area contributed by atoms with Crippen LogP contribution in [-0.4, -0.2) is 35.7 Å². The van der Waals surface area contributed by atoms with E-state index in [0.29, 0.717) is 30.0 Å². The van der Waals surface area contributed by atoms with Gasteiger partial charge in [0.1, 0.15) is 12.4 Å². The molecule has 3 aromatic carbocycles.